The van der Waals surface area contributed by atoms with Gasteiger partial charge in [0, 0.05) is 6.54 Å². The Balaban J connectivity index is 2.89. The van der Waals surface area contributed by atoms with Crippen LogP contribution in [0.25, 0.3) is 0 Å². The number of sulfone groups is 1. The van der Waals surface area contributed by atoms with Gasteiger partial charge in [-0.3, -0.25) is 4.79 Å². The zero-order chi connectivity index (χ0) is 16.0. The highest BCUT2D eigenvalue weighted by atomic mass is 32.2. The Morgan fingerprint density at radius 1 is 1.33 bits per heavy atom. The van der Waals surface area contributed by atoms with Gasteiger partial charge in [0.05, 0.1) is 22.8 Å². The number of anilines is 1. The van der Waals surface area contributed by atoms with Crippen molar-refractivity contribution in [2.45, 2.75) is 18.2 Å². The lowest BCUT2D eigenvalue weighted by Crippen LogP contribution is -2.31. The molecule has 0 bridgehead atoms. The number of carboxylic acid groups (broad SMARTS) is 1. The van der Waals surface area contributed by atoms with Crippen molar-refractivity contribution in [1.29, 1.82) is 0 Å². The average Bonchev–Trinajstić information content (AvgIpc) is 2.40. The fraction of sp³-hybridized carbons (Fsp3) is 0.333. The van der Waals surface area contributed by atoms with Crippen molar-refractivity contribution < 1.29 is 27.5 Å². The molecule has 1 rings (SSSR count). The van der Waals surface area contributed by atoms with Gasteiger partial charge in [-0.05, 0) is 18.2 Å². The summed E-state index contributed by atoms with van der Waals surface area (Å²) in [4.78, 5) is 21.5. The predicted octanol–water partition coefficient (Wildman–Crippen LogP) is 1.22. The van der Waals surface area contributed by atoms with Crippen LogP contribution in [0.5, 0.6) is 0 Å². The summed E-state index contributed by atoms with van der Waals surface area (Å²) in [7, 11) is -3.71. The summed E-state index contributed by atoms with van der Waals surface area (Å²) < 4.78 is 36.9. The standard InChI is InChI=1S/C12H15FN2O5S/c1-2-21(19,20)10-7-8(13)3-4-9(10)15-12(18)14-6-5-11(16)17/h3-4,7H,2,5-6H2,1H3,(H,16,17)(H2,14,15,18). The van der Waals surface area contributed by atoms with Gasteiger partial charge >= 0.3 is 12.0 Å². The maximum Gasteiger partial charge on any atom is 0.319 e. The lowest BCUT2D eigenvalue weighted by atomic mass is 10.3. The molecule has 116 valence electrons. The highest BCUT2D eigenvalue weighted by Gasteiger charge is 2.19. The first-order chi connectivity index (χ1) is 9.76. The smallest absolute Gasteiger partial charge is 0.319 e. The van der Waals surface area contributed by atoms with Gasteiger partial charge in [0.1, 0.15) is 5.82 Å². The number of carbonyl (C=O) groups is 2. The fourth-order valence-corrected chi connectivity index (χ4v) is 2.52. The summed E-state index contributed by atoms with van der Waals surface area (Å²) in [6.07, 6.45) is -0.267. The third-order valence-electron chi connectivity index (χ3n) is 2.53. The van der Waals surface area contributed by atoms with Gasteiger partial charge in [0.15, 0.2) is 9.84 Å². The first-order valence-corrected chi connectivity index (χ1v) is 7.70. The van der Waals surface area contributed by atoms with Gasteiger partial charge in [-0.15, -0.1) is 0 Å². The Morgan fingerprint density at radius 3 is 2.57 bits per heavy atom. The van der Waals surface area contributed by atoms with E-state index in [1.54, 1.807) is 0 Å². The first-order valence-electron chi connectivity index (χ1n) is 6.05. The van der Waals surface area contributed by atoms with E-state index in [0.717, 1.165) is 18.2 Å². The average molecular weight is 318 g/mol. The molecule has 0 unspecified atom stereocenters. The Morgan fingerprint density at radius 2 is 2.00 bits per heavy atom. The summed E-state index contributed by atoms with van der Waals surface area (Å²) in [5.41, 5.74) is -0.0638. The number of benzene rings is 1. The molecule has 0 fully saturated rings. The van der Waals surface area contributed by atoms with Gasteiger partial charge in [-0.1, -0.05) is 6.92 Å². The minimum atomic E-state index is -3.71. The number of nitrogens with one attached hydrogen (secondary N) is 2. The monoisotopic (exact) mass is 318 g/mol. The molecule has 0 radical (unpaired) electrons. The second-order valence-electron chi connectivity index (χ2n) is 4.07. The minimum absolute atomic E-state index is 0.0638. The number of rotatable bonds is 6. The summed E-state index contributed by atoms with van der Waals surface area (Å²) >= 11 is 0. The molecule has 0 spiro atoms. The van der Waals surface area contributed by atoms with Crippen molar-refractivity contribution in [3.63, 3.8) is 0 Å². The van der Waals surface area contributed by atoms with Crippen molar-refractivity contribution in [2.24, 2.45) is 0 Å². The van der Waals surface area contributed by atoms with Crippen LogP contribution in [0.4, 0.5) is 14.9 Å². The van der Waals surface area contributed by atoms with Crippen LogP contribution in [0, 0.1) is 5.82 Å². The summed E-state index contributed by atoms with van der Waals surface area (Å²) in [5.74, 6) is -2.06. The molecular formula is C12H15FN2O5S. The Hall–Kier alpha value is -2.16. The van der Waals surface area contributed by atoms with Crippen LogP contribution in [0.3, 0.4) is 0 Å². The van der Waals surface area contributed by atoms with Crippen LogP contribution >= 0.6 is 0 Å². The third-order valence-corrected chi connectivity index (χ3v) is 4.30. The van der Waals surface area contributed by atoms with Crippen molar-refractivity contribution in [2.75, 3.05) is 17.6 Å². The fourth-order valence-electron chi connectivity index (χ4n) is 1.46. The maximum absolute atomic E-state index is 13.2. The molecule has 0 saturated carbocycles. The van der Waals surface area contributed by atoms with Crippen LogP contribution in [0.2, 0.25) is 0 Å². The number of carbonyl (C=O) groups excluding carboxylic acids is 1. The lowest BCUT2D eigenvalue weighted by Gasteiger charge is -2.11. The third kappa shape index (κ3) is 5.03. The topological polar surface area (TPSA) is 113 Å². The van der Waals surface area contributed by atoms with Crippen LogP contribution in [0.15, 0.2) is 23.1 Å². The molecular weight excluding hydrogens is 303 g/mol. The Labute approximate surface area is 121 Å². The number of halogens is 1. The lowest BCUT2D eigenvalue weighted by molar-refractivity contribution is -0.136. The summed E-state index contributed by atoms with van der Waals surface area (Å²) in [6.45, 7) is 1.29. The predicted molar refractivity (Wildman–Crippen MR) is 73.4 cm³/mol. The molecule has 1 aromatic carbocycles. The Kier molecular flexibility index (Phi) is 5.65. The largest absolute Gasteiger partial charge is 0.481 e. The van der Waals surface area contributed by atoms with E-state index in [1.165, 1.54) is 6.92 Å². The normalized spacial score (nSPS) is 11.0. The van der Waals surface area contributed by atoms with Crippen LogP contribution in [0.1, 0.15) is 13.3 Å². The van der Waals surface area contributed by atoms with E-state index >= 15 is 0 Å². The van der Waals surface area contributed by atoms with Crippen LogP contribution < -0.4 is 10.6 Å². The second kappa shape index (κ2) is 7.02. The molecule has 0 saturated heterocycles. The zero-order valence-electron chi connectivity index (χ0n) is 11.2. The van der Waals surface area contributed by atoms with Crippen molar-refractivity contribution in [3.8, 4) is 0 Å². The molecule has 0 atom stereocenters. The van der Waals surface area contributed by atoms with Gasteiger partial charge in [-0.2, -0.15) is 0 Å². The molecule has 21 heavy (non-hydrogen) atoms. The number of hydrogen-bond donors (Lipinski definition) is 3. The van der Waals surface area contributed by atoms with E-state index in [9.17, 15) is 22.4 Å². The van der Waals surface area contributed by atoms with Crippen LogP contribution in [-0.2, 0) is 14.6 Å². The Bertz CT molecular complexity index is 645. The van der Waals surface area contributed by atoms with E-state index < -0.39 is 27.7 Å². The van der Waals surface area contributed by atoms with Crippen molar-refractivity contribution in [3.05, 3.63) is 24.0 Å². The highest BCUT2D eigenvalue weighted by molar-refractivity contribution is 7.91. The number of hydrogen-bond acceptors (Lipinski definition) is 4. The SMILES string of the molecule is CCS(=O)(=O)c1cc(F)ccc1NC(=O)NCCC(=O)O. The number of carboxylic acids is 1. The number of urea groups is 1. The van der Waals surface area contributed by atoms with E-state index in [2.05, 4.69) is 10.6 Å². The zero-order valence-corrected chi connectivity index (χ0v) is 12.0. The molecule has 3 N–H and O–H groups in total. The van der Waals surface area contributed by atoms with E-state index in [4.69, 9.17) is 5.11 Å². The van der Waals surface area contributed by atoms with E-state index in [1.807, 2.05) is 0 Å². The molecule has 0 aliphatic carbocycles. The number of amides is 2. The van der Waals surface area contributed by atoms with Gasteiger partial charge in [-0.25, -0.2) is 17.6 Å². The maximum atomic E-state index is 13.2. The van der Waals surface area contributed by atoms with E-state index in [-0.39, 0.29) is 29.3 Å². The number of aliphatic carboxylic acids is 1. The summed E-state index contributed by atoms with van der Waals surface area (Å²) in [6, 6.07) is 2.21. The van der Waals surface area contributed by atoms with Crippen LogP contribution in [-0.4, -0.2) is 37.8 Å². The highest BCUT2D eigenvalue weighted by Crippen LogP contribution is 2.23. The molecule has 0 aliphatic rings. The second-order valence-corrected chi connectivity index (χ2v) is 6.32. The quantitative estimate of drug-likeness (QED) is 0.730. The van der Waals surface area contributed by atoms with E-state index in [0.29, 0.717) is 0 Å². The van der Waals surface area contributed by atoms with Gasteiger partial charge in [0.25, 0.3) is 0 Å². The van der Waals surface area contributed by atoms with Gasteiger partial charge < -0.3 is 15.7 Å². The first kappa shape index (κ1) is 16.9. The molecule has 0 aromatic heterocycles. The summed E-state index contributed by atoms with van der Waals surface area (Å²) in [5, 5.41) is 13.0. The molecule has 9 heteroatoms. The minimum Gasteiger partial charge on any atom is -0.481 e. The molecule has 2 amide bonds. The molecule has 7 nitrogen and oxygen atoms in total. The molecule has 0 heterocycles. The van der Waals surface area contributed by atoms with Crippen molar-refractivity contribution >= 4 is 27.5 Å². The molecule has 0 aliphatic heterocycles. The van der Waals surface area contributed by atoms with Crippen molar-refractivity contribution in [1.82, 2.24) is 5.32 Å². The van der Waals surface area contributed by atoms with Gasteiger partial charge in [0.2, 0.25) is 0 Å². The molecule has 1 aromatic rings.